The van der Waals surface area contributed by atoms with Crippen molar-refractivity contribution in [3.63, 3.8) is 0 Å². The average Bonchev–Trinajstić information content (AvgIpc) is 3.17. The van der Waals surface area contributed by atoms with E-state index in [0.717, 1.165) is 18.4 Å². The molecule has 0 unspecified atom stereocenters. The zero-order chi connectivity index (χ0) is 16.3. The molecule has 2 aromatic rings. The Morgan fingerprint density at radius 3 is 2.57 bits per heavy atom. The fraction of sp³-hybridized carbons (Fsp3) is 0.353. The molecule has 1 aromatic carbocycles. The molecule has 0 spiro atoms. The normalized spacial score (nSPS) is 16.2. The lowest BCUT2D eigenvalue weighted by atomic mass is 9.93. The average molecular weight is 314 g/mol. The Bertz CT molecular complexity index is 702. The molecule has 1 heterocycles. The molecule has 0 atom stereocenters. The molecule has 1 aliphatic rings. The van der Waals surface area contributed by atoms with Gasteiger partial charge < -0.3 is 14.9 Å². The maximum atomic E-state index is 12.4. The van der Waals surface area contributed by atoms with Gasteiger partial charge in [-0.2, -0.15) is 0 Å². The molecule has 0 radical (unpaired) electrons. The second-order valence-corrected chi connectivity index (χ2v) is 5.95. The van der Waals surface area contributed by atoms with Gasteiger partial charge in [0.15, 0.2) is 11.5 Å². The van der Waals surface area contributed by atoms with Crippen LogP contribution in [0.2, 0.25) is 0 Å². The lowest BCUT2D eigenvalue weighted by molar-refractivity contribution is -0.138. The van der Waals surface area contributed by atoms with Gasteiger partial charge in [0.05, 0.1) is 12.0 Å². The van der Waals surface area contributed by atoms with Gasteiger partial charge in [-0.1, -0.05) is 48.3 Å². The molecule has 1 fully saturated rings. The summed E-state index contributed by atoms with van der Waals surface area (Å²) in [6.07, 6.45) is 3.12. The van der Waals surface area contributed by atoms with Crippen LogP contribution in [0.3, 0.4) is 0 Å². The number of carboxylic acids is 1. The molecule has 1 saturated carbocycles. The van der Waals surface area contributed by atoms with Crippen molar-refractivity contribution in [2.45, 2.75) is 37.6 Å². The number of carbonyl (C=O) groups excluding carboxylic acids is 1. The first-order valence-corrected chi connectivity index (χ1v) is 7.64. The number of nitrogens with one attached hydrogen (secondary N) is 1. The van der Waals surface area contributed by atoms with E-state index in [4.69, 9.17) is 9.63 Å². The van der Waals surface area contributed by atoms with Crippen LogP contribution in [0, 0.1) is 0 Å². The van der Waals surface area contributed by atoms with Gasteiger partial charge in [0.2, 0.25) is 0 Å². The summed E-state index contributed by atoms with van der Waals surface area (Å²) < 4.78 is 5.22. The number of hydrogen-bond acceptors (Lipinski definition) is 4. The molecule has 2 N–H and O–H groups in total. The number of benzene rings is 1. The molecule has 1 amide bonds. The highest BCUT2D eigenvalue weighted by atomic mass is 16.5. The molecule has 3 rings (SSSR count). The van der Waals surface area contributed by atoms with E-state index < -0.39 is 11.5 Å². The summed E-state index contributed by atoms with van der Waals surface area (Å²) in [5, 5.41) is 15.8. The van der Waals surface area contributed by atoms with Crippen LogP contribution in [-0.4, -0.2) is 27.7 Å². The smallest absolute Gasteiger partial charge is 0.305 e. The first-order valence-electron chi connectivity index (χ1n) is 7.64. The number of carbonyl (C=O) groups is 2. The minimum Gasteiger partial charge on any atom is -0.481 e. The Balaban J connectivity index is 1.76. The lowest BCUT2D eigenvalue weighted by Crippen LogP contribution is -2.47. The van der Waals surface area contributed by atoms with Gasteiger partial charge in [-0.05, 0) is 12.8 Å². The van der Waals surface area contributed by atoms with Crippen molar-refractivity contribution in [1.29, 1.82) is 0 Å². The van der Waals surface area contributed by atoms with Crippen LogP contribution in [0.4, 0.5) is 0 Å². The number of aliphatic carboxylic acids is 1. The number of carboxylic acid groups (broad SMARTS) is 1. The summed E-state index contributed by atoms with van der Waals surface area (Å²) in [6.45, 7) is 0. The summed E-state index contributed by atoms with van der Waals surface area (Å²) in [6, 6.07) is 10.9. The molecule has 0 aliphatic heterocycles. The molecule has 0 saturated heterocycles. The third-order valence-corrected chi connectivity index (χ3v) is 4.23. The molecule has 1 aliphatic carbocycles. The van der Waals surface area contributed by atoms with Crippen molar-refractivity contribution in [1.82, 2.24) is 10.5 Å². The van der Waals surface area contributed by atoms with Crippen LogP contribution in [0.25, 0.3) is 11.3 Å². The van der Waals surface area contributed by atoms with Gasteiger partial charge in [0.1, 0.15) is 0 Å². The standard InChI is InChI=1S/C17H18N2O4/c20-15(21)11-17(8-4-5-9-17)18-16(22)13-10-14(23-19-13)12-6-2-1-3-7-12/h1-3,6-7,10H,4-5,8-9,11H2,(H,18,22)(H,20,21). The SMILES string of the molecule is O=C(O)CC1(NC(=O)c2cc(-c3ccccc3)on2)CCCC1. The van der Waals surface area contributed by atoms with E-state index >= 15 is 0 Å². The third kappa shape index (κ3) is 3.41. The number of rotatable bonds is 5. The lowest BCUT2D eigenvalue weighted by Gasteiger charge is -2.28. The predicted molar refractivity (Wildman–Crippen MR) is 82.9 cm³/mol. The molecule has 23 heavy (non-hydrogen) atoms. The quantitative estimate of drug-likeness (QED) is 0.885. The van der Waals surface area contributed by atoms with E-state index in [0.29, 0.717) is 18.6 Å². The fourth-order valence-corrected chi connectivity index (χ4v) is 3.11. The minimum atomic E-state index is -0.905. The van der Waals surface area contributed by atoms with E-state index in [9.17, 15) is 9.59 Å². The molecular weight excluding hydrogens is 296 g/mol. The number of aromatic nitrogens is 1. The molecule has 1 aromatic heterocycles. The number of nitrogens with zero attached hydrogens (tertiary/aromatic N) is 1. The number of amides is 1. The van der Waals surface area contributed by atoms with Gasteiger partial charge in [0, 0.05) is 11.6 Å². The van der Waals surface area contributed by atoms with Crippen LogP contribution in [0.1, 0.15) is 42.6 Å². The van der Waals surface area contributed by atoms with Crippen LogP contribution < -0.4 is 5.32 Å². The Kier molecular flexibility index (Phi) is 4.14. The van der Waals surface area contributed by atoms with E-state index in [-0.39, 0.29) is 18.0 Å². The van der Waals surface area contributed by atoms with E-state index in [2.05, 4.69) is 10.5 Å². The van der Waals surface area contributed by atoms with Crippen LogP contribution in [0.15, 0.2) is 40.9 Å². The van der Waals surface area contributed by atoms with Crippen LogP contribution >= 0.6 is 0 Å². The van der Waals surface area contributed by atoms with Gasteiger partial charge in [-0.15, -0.1) is 0 Å². The molecule has 6 heteroatoms. The second-order valence-electron chi connectivity index (χ2n) is 5.95. The molecular formula is C17H18N2O4. The zero-order valence-electron chi connectivity index (χ0n) is 12.6. The van der Waals surface area contributed by atoms with E-state index in [1.165, 1.54) is 0 Å². The van der Waals surface area contributed by atoms with Gasteiger partial charge in [-0.25, -0.2) is 0 Å². The summed E-state index contributed by atoms with van der Waals surface area (Å²) >= 11 is 0. The van der Waals surface area contributed by atoms with Crippen LogP contribution in [-0.2, 0) is 4.79 Å². The monoisotopic (exact) mass is 314 g/mol. The first-order chi connectivity index (χ1) is 11.1. The minimum absolute atomic E-state index is 0.0673. The predicted octanol–water partition coefficient (Wildman–Crippen LogP) is 2.86. The van der Waals surface area contributed by atoms with Crippen molar-refractivity contribution in [3.05, 3.63) is 42.1 Å². The van der Waals surface area contributed by atoms with Gasteiger partial charge >= 0.3 is 5.97 Å². The van der Waals surface area contributed by atoms with Crippen molar-refractivity contribution >= 4 is 11.9 Å². The van der Waals surface area contributed by atoms with Crippen molar-refractivity contribution in [3.8, 4) is 11.3 Å². The maximum Gasteiger partial charge on any atom is 0.305 e. The Morgan fingerprint density at radius 1 is 1.22 bits per heavy atom. The second kappa shape index (κ2) is 6.24. The summed E-state index contributed by atoms with van der Waals surface area (Å²) in [5.41, 5.74) is 0.329. The largest absolute Gasteiger partial charge is 0.481 e. The molecule has 6 nitrogen and oxygen atoms in total. The highest BCUT2D eigenvalue weighted by Crippen LogP contribution is 2.33. The molecule has 120 valence electrons. The van der Waals surface area contributed by atoms with Gasteiger partial charge in [0.25, 0.3) is 5.91 Å². The van der Waals surface area contributed by atoms with Crippen molar-refractivity contribution < 1.29 is 19.2 Å². The topological polar surface area (TPSA) is 92.4 Å². The Hall–Kier alpha value is -2.63. The van der Waals surface area contributed by atoms with Crippen LogP contribution in [0.5, 0.6) is 0 Å². The number of hydrogen-bond donors (Lipinski definition) is 2. The summed E-state index contributed by atoms with van der Waals surface area (Å²) in [4.78, 5) is 23.5. The summed E-state index contributed by atoms with van der Waals surface area (Å²) in [7, 11) is 0. The highest BCUT2D eigenvalue weighted by molar-refractivity contribution is 5.94. The highest BCUT2D eigenvalue weighted by Gasteiger charge is 2.38. The van der Waals surface area contributed by atoms with Gasteiger partial charge in [-0.3, -0.25) is 9.59 Å². The molecule has 0 bridgehead atoms. The van der Waals surface area contributed by atoms with Crippen molar-refractivity contribution in [2.75, 3.05) is 0 Å². The third-order valence-electron chi connectivity index (χ3n) is 4.23. The first kappa shape index (κ1) is 15.3. The Labute approximate surface area is 133 Å². The Morgan fingerprint density at radius 2 is 1.91 bits per heavy atom. The summed E-state index contributed by atoms with van der Waals surface area (Å²) in [5.74, 6) is -0.786. The fourth-order valence-electron chi connectivity index (χ4n) is 3.11. The van der Waals surface area contributed by atoms with E-state index in [1.54, 1.807) is 6.07 Å². The van der Waals surface area contributed by atoms with E-state index in [1.807, 2.05) is 30.3 Å². The van der Waals surface area contributed by atoms with Crippen molar-refractivity contribution in [2.24, 2.45) is 0 Å². The zero-order valence-corrected chi connectivity index (χ0v) is 12.6. The maximum absolute atomic E-state index is 12.4.